The van der Waals surface area contributed by atoms with Gasteiger partial charge in [-0.25, -0.2) is 0 Å². The van der Waals surface area contributed by atoms with Crippen LogP contribution in [0.4, 0.5) is 0 Å². The van der Waals surface area contributed by atoms with E-state index in [9.17, 15) is 4.79 Å². The summed E-state index contributed by atoms with van der Waals surface area (Å²) in [4.78, 5) is 13.0. The van der Waals surface area contributed by atoms with E-state index in [2.05, 4.69) is 17.6 Å². The number of amides is 1. The van der Waals surface area contributed by atoms with Crippen LogP contribution in [0, 0.1) is 5.92 Å². The molecule has 148 valence electrons. The fourth-order valence-corrected chi connectivity index (χ4v) is 3.56. The Balaban J connectivity index is 0.00000225. The Labute approximate surface area is 170 Å². The van der Waals surface area contributed by atoms with Gasteiger partial charge in [-0.3, -0.25) is 4.79 Å². The van der Waals surface area contributed by atoms with Gasteiger partial charge in [0.15, 0.2) is 5.76 Å². The molecule has 0 radical (unpaired) electrons. The third-order valence-electron chi connectivity index (χ3n) is 5.13. The molecule has 1 amide bonds. The van der Waals surface area contributed by atoms with Crippen molar-refractivity contribution in [2.45, 2.75) is 26.0 Å². The number of piperidine rings is 1. The van der Waals surface area contributed by atoms with Crippen LogP contribution in [-0.2, 0) is 6.61 Å². The Hall–Kier alpha value is -2.50. The Morgan fingerprint density at radius 3 is 2.71 bits per heavy atom. The molecule has 2 atom stereocenters. The Bertz CT molecular complexity index is 926. The summed E-state index contributed by atoms with van der Waals surface area (Å²) >= 11 is 0. The SMILES string of the molecule is CC1CNCCC1NC(=O)c1oc2ccccc2c1COc1ccccc1.Cl. The number of carbonyl (C=O) groups is 1. The van der Waals surface area contributed by atoms with Crippen molar-refractivity contribution >= 4 is 29.3 Å². The molecule has 0 spiro atoms. The molecule has 1 aliphatic heterocycles. The van der Waals surface area contributed by atoms with Gasteiger partial charge in [0.05, 0.1) is 0 Å². The normalized spacial score (nSPS) is 19.0. The summed E-state index contributed by atoms with van der Waals surface area (Å²) < 4.78 is 11.8. The van der Waals surface area contributed by atoms with Gasteiger partial charge in [-0.1, -0.05) is 43.3 Å². The van der Waals surface area contributed by atoms with Crippen molar-refractivity contribution < 1.29 is 13.9 Å². The molecule has 5 nitrogen and oxygen atoms in total. The number of carbonyl (C=O) groups excluding carboxylic acids is 1. The van der Waals surface area contributed by atoms with E-state index in [0.717, 1.165) is 36.2 Å². The molecule has 2 heterocycles. The summed E-state index contributed by atoms with van der Waals surface area (Å²) in [7, 11) is 0. The largest absolute Gasteiger partial charge is 0.489 e. The maximum Gasteiger partial charge on any atom is 0.287 e. The number of rotatable bonds is 5. The molecule has 4 rings (SSSR count). The number of hydrogen-bond donors (Lipinski definition) is 2. The standard InChI is InChI=1S/C22H24N2O3.ClH/c1-15-13-23-12-11-19(15)24-22(25)21-18(14-26-16-7-3-2-4-8-16)17-9-5-6-10-20(17)27-21;/h2-10,15,19,23H,11-14H2,1H3,(H,24,25);1H. The number of halogens is 1. The average molecular weight is 401 g/mol. The van der Waals surface area contributed by atoms with Gasteiger partial charge >= 0.3 is 0 Å². The van der Waals surface area contributed by atoms with Crippen LogP contribution < -0.4 is 15.4 Å². The zero-order chi connectivity index (χ0) is 18.6. The summed E-state index contributed by atoms with van der Waals surface area (Å²) in [6.45, 7) is 4.26. The highest BCUT2D eigenvalue weighted by molar-refractivity contribution is 5.99. The number of nitrogens with one attached hydrogen (secondary N) is 2. The molecule has 2 unspecified atom stereocenters. The molecule has 2 aromatic carbocycles. The average Bonchev–Trinajstić information content (AvgIpc) is 3.08. The first-order chi connectivity index (χ1) is 13.2. The van der Waals surface area contributed by atoms with Gasteiger partial charge in [-0.15, -0.1) is 12.4 Å². The third-order valence-corrected chi connectivity index (χ3v) is 5.13. The van der Waals surface area contributed by atoms with E-state index in [-0.39, 0.29) is 31.0 Å². The van der Waals surface area contributed by atoms with E-state index in [1.54, 1.807) is 0 Å². The minimum Gasteiger partial charge on any atom is -0.489 e. The van der Waals surface area contributed by atoms with E-state index in [1.807, 2.05) is 54.6 Å². The first kappa shape index (κ1) is 20.2. The van der Waals surface area contributed by atoms with Crippen LogP contribution in [0.5, 0.6) is 5.75 Å². The zero-order valence-electron chi connectivity index (χ0n) is 15.8. The molecule has 0 bridgehead atoms. The van der Waals surface area contributed by atoms with Crippen LogP contribution in [0.1, 0.15) is 29.5 Å². The lowest BCUT2D eigenvalue weighted by atomic mass is 9.95. The Morgan fingerprint density at radius 2 is 1.93 bits per heavy atom. The maximum atomic E-state index is 13.0. The van der Waals surface area contributed by atoms with E-state index in [4.69, 9.17) is 9.15 Å². The zero-order valence-corrected chi connectivity index (χ0v) is 16.6. The highest BCUT2D eigenvalue weighted by Crippen LogP contribution is 2.28. The van der Waals surface area contributed by atoms with Gasteiger partial charge in [0.2, 0.25) is 0 Å². The molecule has 1 aliphatic rings. The highest BCUT2D eigenvalue weighted by Gasteiger charge is 2.27. The lowest BCUT2D eigenvalue weighted by Gasteiger charge is -2.30. The van der Waals surface area contributed by atoms with Crippen LogP contribution in [0.2, 0.25) is 0 Å². The molecule has 3 aromatic rings. The molecule has 1 aromatic heterocycles. The Kier molecular flexibility index (Phi) is 6.60. The van der Waals surface area contributed by atoms with Gasteiger partial charge in [-0.2, -0.15) is 0 Å². The summed E-state index contributed by atoms with van der Waals surface area (Å²) in [5.41, 5.74) is 1.49. The fourth-order valence-electron chi connectivity index (χ4n) is 3.56. The minimum absolute atomic E-state index is 0. The van der Waals surface area contributed by atoms with Crippen LogP contribution in [0.3, 0.4) is 0 Å². The summed E-state index contributed by atoms with van der Waals surface area (Å²) in [6, 6.07) is 17.4. The second-order valence-corrected chi connectivity index (χ2v) is 7.06. The lowest BCUT2D eigenvalue weighted by molar-refractivity contribution is 0.0884. The van der Waals surface area contributed by atoms with Crippen LogP contribution in [0.25, 0.3) is 11.0 Å². The minimum atomic E-state index is -0.170. The van der Waals surface area contributed by atoms with Crippen molar-refractivity contribution in [2.75, 3.05) is 13.1 Å². The van der Waals surface area contributed by atoms with Gasteiger partial charge < -0.3 is 19.8 Å². The first-order valence-electron chi connectivity index (χ1n) is 9.42. The van der Waals surface area contributed by atoms with Crippen LogP contribution >= 0.6 is 12.4 Å². The van der Waals surface area contributed by atoms with Crippen LogP contribution in [-0.4, -0.2) is 25.0 Å². The quantitative estimate of drug-likeness (QED) is 0.675. The number of fused-ring (bicyclic) bond motifs is 1. The van der Waals surface area contributed by atoms with Crippen LogP contribution in [0.15, 0.2) is 59.0 Å². The van der Waals surface area contributed by atoms with Crippen molar-refractivity contribution in [3.63, 3.8) is 0 Å². The second kappa shape index (κ2) is 9.13. The van der Waals surface area contributed by atoms with Crippen molar-refractivity contribution in [1.29, 1.82) is 0 Å². The van der Waals surface area contributed by atoms with Crippen molar-refractivity contribution in [2.24, 2.45) is 5.92 Å². The number of hydrogen-bond acceptors (Lipinski definition) is 4. The topological polar surface area (TPSA) is 63.5 Å². The fraction of sp³-hybridized carbons (Fsp3) is 0.318. The van der Waals surface area contributed by atoms with Crippen molar-refractivity contribution in [1.82, 2.24) is 10.6 Å². The molecule has 1 saturated heterocycles. The summed E-state index contributed by atoms with van der Waals surface area (Å²) in [5, 5.41) is 7.42. The van der Waals surface area contributed by atoms with Crippen molar-refractivity contribution in [3.05, 3.63) is 65.9 Å². The smallest absolute Gasteiger partial charge is 0.287 e. The molecule has 6 heteroatoms. The van der Waals surface area contributed by atoms with Gasteiger partial charge in [-0.05, 0) is 43.6 Å². The van der Waals surface area contributed by atoms with Gasteiger partial charge in [0, 0.05) is 17.0 Å². The monoisotopic (exact) mass is 400 g/mol. The predicted molar refractivity (Wildman–Crippen MR) is 112 cm³/mol. The van der Waals surface area contributed by atoms with Gasteiger partial charge in [0.25, 0.3) is 5.91 Å². The van der Waals surface area contributed by atoms with E-state index in [1.165, 1.54) is 0 Å². The molecule has 0 aliphatic carbocycles. The number of benzene rings is 2. The predicted octanol–water partition coefficient (Wildman–Crippen LogP) is 4.16. The first-order valence-corrected chi connectivity index (χ1v) is 9.42. The number of furan rings is 1. The Morgan fingerprint density at radius 1 is 1.18 bits per heavy atom. The van der Waals surface area contributed by atoms with E-state index < -0.39 is 0 Å². The summed E-state index contributed by atoms with van der Waals surface area (Å²) in [5.74, 6) is 1.33. The molecular weight excluding hydrogens is 376 g/mol. The van der Waals surface area contributed by atoms with Gasteiger partial charge in [0.1, 0.15) is 17.9 Å². The third kappa shape index (κ3) is 4.32. The molecule has 0 saturated carbocycles. The second-order valence-electron chi connectivity index (χ2n) is 7.06. The molecule has 28 heavy (non-hydrogen) atoms. The molecular formula is C22H25ClN2O3. The van der Waals surface area contributed by atoms with E-state index in [0.29, 0.717) is 17.3 Å². The molecule has 1 fully saturated rings. The lowest BCUT2D eigenvalue weighted by Crippen LogP contribution is -2.48. The maximum absolute atomic E-state index is 13.0. The number of ether oxygens (including phenoxy) is 1. The molecule has 2 N–H and O–H groups in total. The highest BCUT2D eigenvalue weighted by atomic mass is 35.5. The van der Waals surface area contributed by atoms with Crippen molar-refractivity contribution in [3.8, 4) is 5.75 Å². The number of para-hydroxylation sites is 2. The summed E-state index contributed by atoms with van der Waals surface area (Å²) in [6.07, 6.45) is 0.920. The van der Waals surface area contributed by atoms with E-state index >= 15 is 0 Å².